The van der Waals surface area contributed by atoms with Gasteiger partial charge < -0.3 is 0 Å². The summed E-state index contributed by atoms with van der Waals surface area (Å²) in [6.07, 6.45) is 1.66. The molecule has 1 aromatic heterocycles. The lowest BCUT2D eigenvalue weighted by Gasteiger charge is -2.18. The van der Waals surface area contributed by atoms with Gasteiger partial charge in [-0.05, 0) is 36.2 Å². The second kappa shape index (κ2) is 5.20. The molecule has 1 heterocycles. The zero-order chi connectivity index (χ0) is 13.1. The van der Waals surface area contributed by atoms with Crippen LogP contribution in [0.3, 0.4) is 0 Å². The highest BCUT2D eigenvalue weighted by Gasteiger charge is 2.16. The van der Waals surface area contributed by atoms with Gasteiger partial charge in [-0.15, -0.1) is 0 Å². The second-order valence-corrected chi connectivity index (χ2v) is 3.95. The van der Waals surface area contributed by atoms with Crippen molar-refractivity contribution in [1.82, 2.24) is 10.4 Å². The number of hydrogen-bond acceptors (Lipinski definition) is 3. The molecule has 0 saturated heterocycles. The average Bonchev–Trinajstić information content (AvgIpc) is 2.37. The van der Waals surface area contributed by atoms with Gasteiger partial charge in [0.1, 0.15) is 0 Å². The van der Waals surface area contributed by atoms with Crippen LogP contribution in [0.5, 0.6) is 0 Å². The molecule has 2 rings (SSSR count). The third-order valence-electron chi connectivity index (χ3n) is 2.80. The third-order valence-corrected chi connectivity index (χ3v) is 2.80. The van der Waals surface area contributed by atoms with E-state index >= 15 is 0 Å². The van der Waals surface area contributed by atoms with Crippen LogP contribution in [-0.4, -0.2) is 4.98 Å². The molecule has 0 saturated carbocycles. The number of pyridine rings is 1. The Bertz CT molecular complexity index is 558. The van der Waals surface area contributed by atoms with E-state index < -0.39 is 17.7 Å². The van der Waals surface area contributed by atoms with E-state index in [1.807, 2.05) is 13.0 Å². The van der Waals surface area contributed by atoms with Crippen molar-refractivity contribution >= 4 is 0 Å². The predicted octanol–water partition coefficient (Wildman–Crippen LogP) is 2.22. The van der Waals surface area contributed by atoms with Crippen LogP contribution in [0.15, 0.2) is 36.5 Å². The Hall–Kier alpha value is -1.85. The summed E-state index contributed by atoms with van der Waals surface area (Å²) in [5.41, 5.74) is 4.75. The van der Waals surface area contributed by atoms with Crippen LogP contribution in [0.4, 0.5) is 8.78 Å². The summed E-state index contributed by atoms with van der Waals surface area (Å²) in [5, 5.41) is 0. The Kier molecular flexibility index (Phi) is 3.64. The number of aromatic nitrogens is 1. The summed E-state index contributed by atoms with van der Waals surface area (Å²) < 4.78 is 26.1. The Morgan fingerprint density at radius 3 is 2.61 bits per heavy atom. The number of halogens is 2. The fraction of sp³-hybridized carbons (Fsp3) is 0.154. The van der Waals surface area contributed by atoms with Gasteiger partial charge in [-0.2, -0.15) is 0 Å². The standard InChI is InChI=1S/C13H13F2N3/c1-8-10(3-2-6-17-8)13(18-16)9-4-5-11(14)12(15)7-9/h2-7,13,18H,16H2,1H3. The Morgan fingerprint density at radius 1 is 1.22 bits per heavy atom. The summed E-state index contributed by atoms with van der Waals surface area (Å²) in [4.78, 5) is 4.15. The van der Waals surface area contributed by atoms with E-state index in [1.165, 1.54) is 6.07 Å². The van der Waals surface area contributed by atoms with Crippen molar-refractivity contribution in [1.29, 1.82) is 0 Å². The summed E-state index contributed by atoms with van der Waals surface area (Å²) in [6, 6.07) is 6.90. The molecule has 2 aromatic rings. The lowest BCUT2D eigenvalue weighted by molar-refractivity contribution is 0.503. The number of nitrogens with two attached hydrogens (primary N) is 1. The van der Waals surface area contributed by atoms with Gasteiger partial charge in [0.2, 0.25) is 0 Å². The minimum atomic E-state index is -0.894. The van der Waals surface area contributed by atoms with Crippen molar-refractivity contribution in [3.63, 3.8) is 0 Å². The molecule has 1 aromatic carbocycles. The molecule has 18 heavy (non-hydrogen) atoms. The van der Waals surface area contributed by atoms with Crippen LogP contribution in [0.25, 0.3) is 0 Å². The number of aryl methyl sites for hydroxylation is 1. The van der Waals surface area contributed by atoms with Crippen molar-refractivity contribution in [2.24, 2.45) is 5.84 Å². The Morgan fingerprint density at radius 2 is 2.00 bits per heavy atom. The highest BCUT2D eigenvalue weighted by molar-refractivity contribution is 5.34. The topological polar surface area (TPSA) is 50.9 Å². The first-order valence-electron chi connectivity index (χ1n) is 5.46. The SMILES string of the molecule is Cc1ncccc1C(NN)c1ccc(F)c(F)c1. The summed E-state index contributed by atoms with van der Waals surface area (Å²) in [6.45, 7) is 1.83. The minimum Gasteiger partial charge on any atom is -0.271 e. The zero-order valence-electron chi connectivity index (χ0n) is 9.82. The van der Waals surface area contributed by atoms with E-state index in [9.17, 15) is 8.78 Å². The number of nitrogens with one attached hydrogen (secondary N) is 1. The molecule has 0 amide bonds. The molecule has 5 heteroatoms. The van der Waals surface area contributed by atoms with Crippen LogP contribution in [0, 0.1) is 18.6 Å². The first-order chi connectivity index (χ1) is 8.63. The predicted molar refractivity (Wildman–Crippen MR) is 64.5 cm³/mol. The quantitative estimate of drug-likeness (QED) is 0.647. The Labute approximate surface area is 104 Å². The maximum absolute atomic E-state index is 13.2. The van der Waals surface area contributed by atoms with Crippen molar-refractivity contribution < 1.29 is 8.78 Å². The lowest BCUT2D eigenvalue weighted by atomic mass is 9.98. The fourth-order valence-electron chi connectivity index (χ4n) is 1.86. The van der Waals surface area contributed by atoms with Gasteiger partial charge in [0.15, 0.2) is 11.6 Å². The largest absolute Gasteiger partial charge is 0.271 e. The van der Waals surface area contributed by atoms with Gasteiger partial charge in [-0.25, -0.2) is 14.2 Å². The second-order valence-electron chi connectivity index (χ2n) is 3.95. The van der Waals surface area contributed by atoms with Crippen LogP contribution in [0.2, 0.25) is 0 Å². The normalized spacial score (nSPS) is 12.4. The van der Waals surface area contributed by atoms with E-state index in [0.717, 1.165) is 23.4 Å². The molecule has 94 valence electrons. The van der Waals surface area contributed by atoms with E-state index in [0.29, 0.717) is 5.56 Å². The first-order valence-corrected chi connectivity index (χ1v) is 5.46. The molecule has 0 aliphatic carbocycles. The van der Waals surface area contributed by atoms with Crippen molar-refractivity contribution in [2.45, 2.75) is 13.0 Å². The third kappa shape index (κ3) is 2.37. The zero-order valence-corrected chi connectivity index (χ0v) is 9.82. The monoisotopic (exact) mass is 249 g/mol. The van der Waals surface area contributed by atoms with E-state index in [1.54, 1.807) is 12.3 Å². The van der Waals surface area contributed by atoms with Gasteiger partial charge in [0, 0.05) is 11.9 Å². The van der Waals surface area contributed by atoms with Crippen molar-refractivity contribution in [3.8, 4) is 0 Å². The van der Waals surface area contributed by atoms with E-state index in [2.05, 4.69) is 10.4 Å². The molecule has 0 aliphatic heterocycles. The fourth-order valence-corrected chi connectivity index (χ4v) is 1.86. The van der Waals surface area contributed by atoms with Crippen molar-refractivity contribution in [2.75, 3.05) is 0 Å². The van der Waals surface area contributed by atoms with Crippen LogP contribution >= 0.6 is 0 Å². The number of nitrogens with zero attached hydrogens (tertiary/aromatic N) is 1. The van der Waals surface area contributed by atoms with E-state index in [4.69, 9.17) is 5.84 Å². The lowest BCUT2D eigenvalue weighted by Crippen LogP contribution is -2.29. The number of hydrazine groups is 1. The molecule has 0 bridgehead atoms. The van der Waals surface area contributed by atoms with Gasteiger partial charge >= 0.3 is 0 Å². The molecule has 0 aliphatic rings. The van der Waals surface area contributed by atoms with Crippen molar-refractivity contribution in [3.05, 3.63) is 65.0 Å². The highest BCUT2D eigenvalue weighted by Crippen LogP contribution is 2.24. The molecule has 1 unspecified atom stereocenters. The molecule has 3 nitrogen and oxygen atoms in total. The van der Waals surface area contributed by atoms with Crippen LogP contribution in [0.1, 0.15) is 22.9 Å². The van der Waals surface area contributed by atoms with Gasteiger partial charge in [0.05, 0.1) is 6.04 Å². The molecule has 3 N–H and O–H groups in total. The molecule has 1 atom stereocenters. The number of hydrogen-bond donors (Lipinski definition) is 2. The van der Waals surface area contributed by atoms with Crippen LogP contribution in [-0.2, 0) is 0 Å². The van der Waals surface area contributed by atoms with Gasteiger partial charge in [0.25, 0.3) is 0 Å². The first kappa shape index (κ1) is 12.6. The summed E-state index contributed by atoms with van der Waals surface area (Å²) >= 11 is 0. The summed E-state index contributed by atoms with van der Waals surface area (Å²) in [5.74, 6) is 3.73. The molecule has 0 fully saturated rings. The molecular weight excluding hydrogens is 236 g/mol. The molecule has 0 spiro atoms. The smallest absolute Gasteiger partial charge is 0.159 e. The molecular formula is C13H13F2N3. The number of benzene rings is 1. The maximum atomic E-state index is 13.2. The average molecular weight is 249 g/mol. The minimum absolute atomic E-state index is 0.422. The van der Waals surface area contributed by atoms with Gasteiger partial charge in [-0.1, -0.05) is 12.1 Å². The molecule has 0 radical (unpaired) electrons. The summed E-state index contributed by atoms with van der Waals surface area (Å²) in [7, 11) is 0. The van der Waals surface area contributed by atoms with E-state index in [-0.39, 0.29) is 0 Å². The Balaban J connectivity index is 2.45. The highest BCUT2D eigenvalue weighted by atomic mass is 19.2. The van der Waals surface area contributed by atoms with Gasteiger partial charge in [-0.3, -0.25) is 10.8 Å². The maximum Gasteiger partial charge on any atom is 0.159 e. The number of rotatable bonds is 3. The van der Waals surface area contributed by atoms with Crippen LogP contribution < -0.4 is 11.3 Å².